The molecule has 1 heterocycles. The van der Waals surface area contributed by atoms with E-state index in [0.717, 1.165) is 4.57 Å². The van der Waals surface area contributed by atoms with E-state index in [4.69, 9.17) is 0 Å². The highest BCUT2D eigenvalue weighted by Crippen LogP contribution is 1.94. The molecule has 1 aromatic rings. The van der Waals surface area contributed by atoms with Gasteiger partial charge in [0, 0.05) is 12.3 Å². The molecule has 0 fully saturated rings. The van der Waals surface area contributed by atoms with Gasteiger partial charge in [0.05, 0.1) is 6.54 Å². The van der Waals surface area contributed by atoms with Gasteiger partial charge in [-0.1, -0.05) is 6.07 Å². The number of nitrogens with zero attached hydrogens (tertiary/aromatic N) is 1. The van der Waals surface area contributed by atoms with Crippen LogP contribution >= 0.6 is 0 Å². The second-order valence-corrected chi connectivity index (χ2v) is 2.08. The summed E-state index contributed by atoms with van der Waals surface area (Å²) in [6, 6.07) is 4.32. The number of hydrogen-bond donors (Lipinski definition) is 0. The molecule has 0 aliphatic heterocycles. The molecule has 0 unspecified atom stereocenters. The molecule has 0 amide bonds. The van der Waals surface area contributed by atoms with Gasteiger partial charge in [0.25, 0.3) is 12.0 Å². The van der Waals surface area contributed by atoms with Gasteiger partial charge in [-0.2, -0.15) is 0 Å². The van der Waals surface area contributed by atoms with Crippen LogP contribution in [0.4, 0.5) is 8.78 Å². The van der Waals surface area contributed by atoms with Gasteiger partial charge in [0.1, 0.15) is 0 Å². The van der Waals surface area contributed by atoms with Crippen molar-refractivity contribution in [1.29, 1.82) is 0 Å². The lowest BCUT2D eigenvalue weighted by atomic mass is 10.4. The van der Waals surface area contributed by atoms with Crippen LogP contribution in [0.2, 0.25) is 0 Å². The van der Waals surface area contributed by atoms with E-state index in [1.54, 1.807) is 6.07 Å². The fourth-order valence-corrected chi connectivity index (χ4v) is 0.760. The Morgan fingerprint density at radius 1 is 1.45 bits per heavy atom. The van der Waals surface area contributed by atoms with Crippen LogP contribution in [-0.2, 0) is 6.54 Å². The minimum atomic E-state index is -2.48. The highest BCUT2D eigenvalue weighted by atomic mass is 19.3. The lowest BCUT2D eigenvalue weighted by Gasteiger charge is -2.01. The molecule has 0 aliphatic rings. The predicted octanol–water partition coefficient (Wildman–Crippen LogP) is 1.11. The highest BCUT2D eigenvalue weighted by Gasteiger charge is 2.03. The minimum absolute atomic E-state index is 0.396. The van der Waals surface area contributed by atoms with Crippen molar-refractivity contribution in [2.75, 3.05) is 0 Å². The van der Waals surface area contributed by atoms with E-state index in [1.807, 2.05) is 0 Å². The van der Waals surface area contributed by atoms with Gasteiger partial charge in [-0.25, -0.2) is 8.78 Å². The summed E-state index contributed by atoms with van der Waals surface area (Å²) in [6.45, 7) is -0.528. The fourth-order valence-electron chi connectivity index (χ4n) is 0.760. The first-order valence-corrected chi connectivity index (χ1v) is 3.14. The summed E-state index contributed by atoms with van der Waals surface area (Å²) in [4.78, 5) is 10.8. The number of aromatic nitrogens is 1. The highest BCUT2D eigenvalue weighted by molar-refractivity contribution is 4.93. The molecule has 1 rings (SSSR count). The molecule has 0 radical (unpaired) electrons. The zero-order valence-corrected chi connectivity index (χ0v) is 5.71. The molecule has 1 aromatic heterocycles. The lowest BCUT2D eigenvalue weighted by Crippen LogP contribution is -2.21. The Morgan fingerprint density at radius 2 is 2.18 bits per heavy atom. The van der Waals surface area contributed by atoms with Crippen molar-refractivity contribution in [2.45, 2.75) is 13.0 Å². The molecule has 0 N–H and O–H groups in total. The van der Waals surface area contributed by atoms with E-state index in [9.17, 15) is 13.6 Å². The third kappa shape index (κ3) is 2.14. The first kappa shape index (κ1) is 7.91. The topological polar surface area (TPSA) is 22.0 Å². The molecular weight excluding hydrogens is 152 g/mol. The summed E-state index contributed by atoms with van der Waals surface area (Å²) in [5, 5.41) is 0. The van der Waals surface area contributed by atoms with E-state index in [2.05, 4.69) is 0 Å². The van der Waals surface area contributed by atoms with E-state index >= 15 is 0 Å². The van der Waals surface area contributed by atoms with Crippen LogP contribution in [-0.4, -0.2) is 11.0 Å². The van der Waals surface area contributed by atoms with Gasteiger partial charge < -0.3 is 4.57 Å². The quantitative estimate of drug-likeness (QED) is 0.633. The predicted molar refractivity (Wildman–Crippen MR) is 36.7 cm³/mol. The first-order valence-electron chi connectivity index (χ1n) is 3.14. The normalized spacial score (nSPS) is 10.5. The second kappa shape index (κ2) is 3.27. The number of rotatable bonds is 2. The maximum absolute atomic E-state index is 11.7. The summed E-state index contributed by atoms with van der Waals surface area (Å²) in [7, 11) is 0. The lowest BCUT2D eigenvalue weighted by molar-refractivity contribution is 0.125. The Balaban J connectivity index is 2.87. The van der Waals surface area contributed by atoms with Crippen molar-refractivity contribution in [3.8, 4) is 0 Å². The van der Waals surface area contributed by atoms with Gasteiger partial charge in [-0.05, 0) is 6.07 Å². The molecule has 0 spiro atoms. The Kier molecular flexibility index (Phi) is 2.36. The number of alkyl halides is 2. The smallest absolute Gasteiger partial charge is 0.256 e. The first-order chi connectivity index (χ1) is 5.20. The van der Waals surface area contributed by atoms with Gasteiger partial charge in [0.15, 0.2) is 0 Å². The Hall–Kier alpha value is -1.19. The monoisotopic (exact) mass is 159 g/mol. The van der Waals surface area contributed by atoms with Crippen LogP contribution in [0.15, 0.2) is 29.2 Å². The molecule has 0 aliphatic carbocycles. The number of hydrogen-bond acceptors (Lipinski definition) is 1. The summed E-state index contributed by atoms with van der Waals surface area (Å²) >= 11 is 0. The van der Waals surface area contributed by atoms with E-state index in [1.165, 1.54) is 18.3 Å². The third-order valence-corrected chi connectivity index (χ3v) is 1.23. The average Bonchev–Trinajstić information content (AvgIpc) is 1.93. The molecule has 0 saturated heterocycles. The summed E-state index contributed by atoms with van der Waals surface area (Å²) in [5.41, 5.74) is -0.396. The molecule has 11 heavy (non-hydrogen) atoms. The van der Waals surface area contributed by atoms with Gasteiger partial charge in [-0.3, -0.25) is 4.79 Å². The van der Waals surface area contributed by atoms with Crippen LogP contribution < -0.4 is 5.56 Å². The molecule has 0 atom stereocenters. The Morgan fingerprint density at radius 3 is 2.73 bits per heavy atom. The van der Waals surface area contributed by atoms with E-state index in [-0.39, 0.29) is 0 Å². The number of halogens is 2. The van der Waals surface area contributed by atoms with Crippen LogP contribution in [0.25, 0.3) is 0 Å². The van der Waals surface area contributed by atoms with Crippen LogP contribution in [0, 0.1) is 0 Å². The average molecular weight is 159 g/mol. The molecule has 0 aromatic carbocycles. The van der Waals surface area contributed by atoms with Gasteiger partial charge in [-0.15, -0.1) is 0 Å². The van der Waals surface area contributed by atoms with Gasteiger partial charge in [0.2, 0.25) is 0 Å². The largest absolute Gasteiger partial charge is 0.310 e. The number of pyridine rings is 1. The Labute approximate surface area is 62.1 Å². The van der Waals surface area contributed by atoms with E-state index < -0.39 is 18.5 Å². The van der Waals surface area contributed by atoms with Crippen molar-refractivity contribution in [3.05, 3.63) is 34.7 Å². The molecule has 2 nitrogen and oxygen atoms in total. The molecular formula is C7H7F2NO. The standard InChI is InChI=1S/C7H7F2NO/c8-6(9)5-10-4-2-1-3-7(10)11/h1-4,6H,5H2. The summed E-state index contributed by atoms with van der Waals surface area (Å²) < 4.78 is 24.5. The zero-order chi connectivity index (χ0) is 8.27. The molecule has 0 saturated carbocycles. The third-order valence-electron chi connectivity index (χ3n) is 1.23. The molecule has 60 valence electrons. The minimum Gasteiger partial charge on any atom is -0.310 e. The van der Waals surface area contributed by atoms with Crippen LogP contribution in [0.5, 0.6) is 0 Å². The summed E-state index contributed by atoms with van der Waals surface area (Å²) in [5.74, 6) is 0. The van der Waals surface area contributed by atoms with Crippen molar-refractivity contribution in [1.82, 2.24) is 4.57 Å². The maximum atomic E-state index is 11.7. The van der Waals surface area contributed by atoms with E-state index in [0.29, 0.717) is 0 Å². The summed E-state index contributed by atoms with van der Waals surface area (Å²) in [6.07, 6.45) is -1.14. The van der Waals surface area contributed by atoms with Crippen molar-refractivity contribution in [2.24, 2.45) is 0 Å². The van der Waals surface area contributed by atoms with Crippen LogP contribution in [0.3, 0.4) is 0 Å². The van der Waals surface area contributed by atoms with Crippen LogP contribution in [0.1, 0.15) is 0 Å². The van der Waals surface area contributed by atoms with Crippen molar-refractivity contribution >= 4 is 0 Å². The Bertz CT molecular complexity index is 282. The zero-order valence-electron chi connectivity index (χ0n) is 5.71. The van der Waals surface area contributed by atoms with Crippen molar-refractivity contribution in [3.63, 3.8) is 0 Å². The van der Waals surface area contributed by atoms with Crippen molar-refractivity contribution < 1.29 is 8.78 Å². The second-order valence-electron chi connectivity index (χ2n) is 2.08. The molecule has 4 heteroatoms. The SMILES string of the molecule is O=c1ccccn1CC(F)F. The maximum Gasteiger partial charge on any atom is 0.256 e. The molecule has 0 bridgehead atoms. The fraction of sp³-hybridized carbons (Fsp3) is 0.286. The van der Waals surface area contributed by atoms with Gasteiger partial charge >= 0.3 is 0 Å².